The Morgan fingerprint density at radius 3 is 1.76 bits per heavy atom. The van der Waals surface area contributed by atoms with Crippen LogP contribution >= 0.6 is 0 Å². The molecule has 0 N–H and O–H groups in total. The van der Waals surface area contributed by atoms with Crippen LogP contribution in [0.4, 0.5) is 0 Å². The Bertz CT molecular complexity index is 742. The fourth-order valence-electron chi connectivity index (χ4n) is 2.50. The van der Waals surface area contributed by atoms with Gasteiger partial charge in [-0.2, -0.15) is 0 Å². The van der Waals surface area contributed by atoms with Crippen LogP contribution in [0.1, 0.15) is 62.8 Å². The highest BCUT2D eigenvalue weighted by Gasteiger charge is 2.14. The largest absolute Gasteiger partial charge is 0.465 e. The number of esters is 1. The minimum absolute atomic E-state index is 0.189. The molecule has 0 spiro atoms. The molecule has 0 aliphatic rings. The molecule has 0 aromatic heterocycles. The Balaban J connectivity index is 1.99. The summed E-state index contributed by atoms with van der Waals surface area (Å²) in [7, 11) is 1.30. The van der Waals surface area contributed by atoms with Crippen molar-refractivity contribution in [3.63, 3.8) is 0 Å². The van der Waals surface area contributed by atoms with Crippen LogP contribution in [0.15, 0.2) is 48.5 Å². The van der Waals surface area contributed by atoms with E-state index in [0.29, 0.717) is 16.7 Å². The third-order valence-corrected chi connectivity index (χ3v) is 4.04. The molecule has 4 heteroatoms. The second-order valence-electron chi connectivity index (χ2n) is 5.89. The van der Waals surface area contributed by atoms with Crippen molar-refractivity contribution in [2.75, 3.05) is 7.11 Å². The van der Waals surface area contributed by atoms with Crippen molar-refractivity contribution in [2.24, 2.45) is 0 Å². The standard InChI is InChI=1S/C21H22O4/c1-3-4-5-15-6-8-16(9-7-15)19(22)14-20(23)17-10-12-18(13-11-17)21(24)25-2/h6-13H,3-5,14H2,1-2H3. The lowest BCUT2D eigenvalue weighted by molar-refractivity contribution is 0.0600. The van der Waals surface area contributed by atoms with E-state index >= 15 is 0 Å². The number of aryl methyl sites for hydroxylation is 1. The molecule has 0 fully saturated rings. The molecule has 130 valence electrons. The van der Waals surface area contributed by atoms with E-state index in [1.165, 1.54) is 36.9 Å². The molecule has 0 aliphatic heterocycles. The van der Waals surface area contributed by atoms with Crippen LogP contribution in [-0.2, 0) is 11.2 Å². The van der Waals surface area contributed by atoms with Gasteiger partial charge in [-0.15, -0.1) is 0 Å². The molecule has 0 amide bonds. The third kappa shape index (κ3) is 5.11. The minimum Gasteiger partial charge on any atom is -0.465 e. The summed E-state index contributed by atoms with van der Waals surface area (Å²) in [4.78, 5) is 35.9. The van der Waals surface area contributed by atoms with Crippen molar-refractivity contribution in [2.45, 2.75) is 32.6 Å². The maximum atomic E-state index is 12.3. The molecule has 0 heterocycles. The highest BCUT2D eigenvalue weighted by Crippen LogP contribution is 2.13. The number of carbonyl (C=O) groups excluding carboxylic acids is 3. The quantitative estimate of drug-likeness (QED) is 0.410. The van der Waals surface area contributed by atoms with Gasteiger partial charge in [0.15, 0.2) is 11.6 Å². The average Bonchev–Trinajstić information content (AvgIpc) is 2.66. The van der Waals surface area contributed by atoms with Gasteiger partial charge in [0.25, 0.3) is 0 Å². The smallest absolute Gasteiger partial charge is 0.337 e. The molecule has 0 atom stereocenters. The molecule has 0 unspecified atom stereocenters. The number of rotatable bonds is 8. The summed E-state index contributed by atoms with van der Waals surface area (Å²) in [6.45, 7) is 2.14. The second kappa shape index (κ2) is 8.92. The molecule has 2 aromatic carbocycles. The van der Waals surface area contributed by atoms with E-state index < -0.39 is 5.97 Å². The Morgan fingerprint density at radius 1 is 0.800 bits per heavy atom. The van der Waals surface area contributed by atoms with Crippen molar-refractivity contribution >= 4 is 17.5 Å². The highest BCUT2D eigenvalue weighted by molar-refractivity contribution is 6.13. The van der Waals surface area contributed by atoms with Crippen LogP contribution in [0, 0.1) is 0 Å². The van der Waals surface area contributed by atoms with Crippen LogP contribution in [0.25, 0.3) is 0 Å². The maximum absolute atomic E-state index is 12.3. The lowest BCUT2D eigenvalue weighted by Gasteiger charge is -2.05. The zero-order valence-corrected chi connectivity index (χ0v) is 14.6. The maximum Gasteiger partial charge on any atom is 0.337 e. The van der Waals surface area contributed by atoms with Gasteiger partial charge in [0.05, 0.1) is 19.1 Å². The predicted molar refractivity (Wildman–Crippen MR) is 96.1 cm³/mol. The molecule has 4 nitrogen and oxygen atoms in total. The predicted octanol–water partition coefficient (Wildman–Crippen LogP) is 4.27. The number of hydrogen-bond donors (Lipinski definition) is 0. The van der Waals surface area contributed by atoms with Gasteiger partial charge in [0, 0.05) is 11.1 Å². The molecular formula is C21H22O4. The van der Waals surface area contributed by atoms with E-state index in [1.807, 2.05) is 12.1 Å². The summed E-state index contributed by atoms with van der Waals surface area (Å²) in [5.41, 5.74) is 2.51. The third-order valence-electron chi connectivity index (χ3n) is 4.04. The Kier molecular flexibility index (Phi) is 6.63. The Labute approximate surface area is 147 Å². The minimum atomic E-state index is -0.460. The number of benzene rings is 2. The van der Waals surface area contributed by atoms with Crippen LogP contribution < -0.4 is 0 Å². The van der Waals surface area contributed by atoms with Gasteiger partial charge >= 0.3 is 5.97 Å². The first kappa shape index (κ1) is 18.6. The zero-order valence-electron chi connectivity index (χ0n) is 14.6. The van der Waals surface area contributed by atoms with Crippen molar-refractivity contribution in [3.05, 3.63) is 70.8 Å². The highest BCUT2D eigenvalue weighted by atomic mass is 16.5. The van der Waals surface area contributed by atoms with Gasteiger partial charge in [0.2, 0.25) is 0 Å². The van der Waals surface area contributed by atoms with Gasteiger partial charge < -0.3 is 4.74 Å². The number of Topliss-reactive ketones (excluding diaryl/α,β-unsaturated/α-hetero) is 2. The number of unbranched alkanes of at least 4 members (excludes halogenated alkanes) is 1. The van der Waals surface area contributed by atoms with E-state index in [4.69, 9.17) is 0 Å². The van der Waals surface area contributed by atoms with Crippen LogP contribution in [0.5, 0.6) is 0 Å². The van der Waals surface area contributed by atoms with Crippen molar-refractivity contribution in [1.82, 2.24) is 0 Å². The van der Waals surface area contributed by atoms with Gasteiger partial charge in [-0.25, -0.2) is 4.79 Å². The fourth-order valence-corrected chi connectivity index (χ4v) is 2.50. The van der Waals surface area contributed by atoms with Crippen molar-refractivity contribution in [1.29, 1.82) is 0 Å². The first-order valence-electron chi connectivity index (χ1n) is 8.39. The summed E-state index contributed by atoms with van der Waals surface area (Å²) >= 11 is 0. The zero-order chi connectivity index (χ0) is 18.2. The van der Waals surface area contributed by atoms with Gasteiger partial charge in [-0.3, -0.25) is 9.59 Å². The molecule has 25 heavy (non-hydrogen) atoms. The second-order valence-corrected chi connectivity index (χ2v) is 5.89. The Morgan fingerprint density at radius 2 is 1.28 bits per heavy atom. The van der Waals surface area contributed by atoms with Crippen molar-refractivity contribution < 1.29 is 19.1 Å². The van der Waals surface area contributed by atoms with Crippen LogP contribution in [0.3, 0.4) is 0 Å². The first-order valence-corrected chi connectivity index (χ1v) is 8.39. The molecule has 0 saturated heterocycles. The molecular weight excluding hydrogens is 316 g/mol. The number of methoxy groups -OCH3 is 1. The van der Waals surface area contributed by atoms with Crippen LogP contribution in [-0.4, -0.2) is 24.6 Å². The van der Waals surface area contributed by atoms with E-state index in [0.717, 1.165) is 19.3 Å². The SMILES string of the molecule is CCCCc1ccc(C(=O)CC(=O)c2ccc(C(=O)OC)cc2)cc1. The monoisotopic (exact) mass is 338 g/mol. The number of ether oxygens (including phenoxy) is 1. The van der Waals surface area contributed by atoms with E-state index in [-0.39, 0.29) is 18.0 Å². The summed E-state index contributed by atoms with van der Waals surface area (Å²) in [5, 5.41) is 0. The molecule has 2 rings (SSSR count). The Hall–Kier alpha value is -2.75. The summed E-state index contributed by atoms with van der Waals surface area (Å²) in [6, 6.07) is 13.6. The molecule has 2 aromatic rings. The number of ketones is 2. The number of carbonyl (C=O) groups is 3. The molecule has 0 radical (unpaired) electrons. The lowest BCUT2D eigenvalue weighted by atomic mass is 9.99. The molecule has 0 aliphatic carbocycles. The first-order chi connectivity index (χ1) is 12.0. The van der Waals surface area contributed by atoms with E-state index in [1.54, 1.807) is 12.1 Å². The fraction of sp³-hybridized carbons (Fsp3) is 0.286. The average molecular weight is 338 g/mol. The van der Waals surface area contributed by atoms with Gasteiger partial charge in [-0.05, 0) is 30.5 Å². The van der Waals surface area contributed by atoms with E-state index in [9.17, 15) is 14.4 Å². The van der Waals surface area contributed by atoms with Crippen molar-refractivity contribution in [3.8, 4) is 0 Å². The van der Waals surface area contributed by atoms with Gasteiger partial charge in [-0.1, -0.05) is 49.7 Å². The molecule has 0 bridgehead atoms. The van der Waals surface area contributed by atoms with Crippen LogP contribution in [0.2, 0.25) is 0 Å². The number of hydrogen-bond acceptors (Lipinski definition) is 4. The topological polar surface area (TPSA) is 60.4 Å². The lowest BCUT2D eigenvalue weighted by Crippen LogP contribution is -2.09. The normalized spacial score (nSPS) is 10.3. The summed E-state index contributed by atoms with van der Waals surface area (Å²) < 4.78 is 4.62. The van der Waals surface area contributed by atoms with E-state index in [2.05, 4.69) is 11.7 Å². The van der Waals surface area contributed by atoms with Gasteiger partial charge in [0.1, 0.15) is 0 Å². The summed E-state index contributed by atoms with van der Waals surface area (Å²) in [5.74, 6) is -0.932. The summed E-state index contributed by atoms with van der Waals surface area (Å²) in [6.07, 6.45) is 3.06. The molecule has 0 saturated carbocycles.